The van der Waals surface area contributed by atoms with Crippen molar-refractivity contribution in [3.8, 4) is 11.1 Å². The fourth-order valence-electron chi connectivity index (χ4n) is 2.41. The third-order valence-electron chi connectivity index (χ3n) is 3.66. The fourth-order valence-corrected chi connectivity index (χ4v) is 2.41. The van der Waals surface area contributed by atoms with Crippen LogP contribution in [0.5, 0.6) is 0 Å². The zero-order valence-electron chi connectivity index (χ0n) is 14.2. The lowest BCUT2D eigenvalue weighted by atomic mass is 10.1. The summed E-state index contributed by atoms with van der Waals surface area (Å²) in [6.07, 6.45) is 3.08. The van der Waals surface area contributed by atoms with Crippen molar-refractivity contribution in [3.05, 3.63) is 60.8 Å². The highest BCUT2D eigenvalue weighted by atomic mass is 16.4. The summed E-state index contributed by atoms with van der Waals surface area (Å²) < 4.78 is 0. The molecule has 3 N–H and O–H groups in total. The number of hydrogen-bond acceptors (Lipinski definition) is 5. The molecule has 7 heteroatoms. The van der Waals surface area contributed by atoms with Crippen LogP contribution in [0.15, 0.2) is 60.8 Å². The molecular weight excluding hydrogens is 334 g/mol. The molecule has 0 bridgehead atoms. The van der Waals surface area contributed by atoms with Gasteiger partial charge in [0, 0.05) is 50.1 Å². The highest BCUT2D eigenvalue weighted by molar-refractivity contribution is 5.89. The molecule has 1 saturated heterocycles. The van der Waals surface area contributed by atoms with Crippen molar-refractivity contribution >= 4 is 17.8 Å². The number of anilines is 1. The molecule has 2 heterocycles. The Labute approximate surface area is 151 Å². The lowest BCUT2D eigenvalue weighted by molar-refractivity contribution is -0.134. The van der Waals surface area contributed by atoms with Crippen molar-refractivity contribution in [2.75, 3.05) is 31.1 Å². The average Bonchev–Trinajstić information content (AvgIpc) is 2.68. The van der Waals surface area contributed by atoms with E-state index in [9.17, 15) is 9.59 Å². The number of pyridine rings is 1. The molecule has 7 nitrogen and oxygen atoms in total. The largest absolute Gasteiger partial charge is 0.478 e. The van der Waals surface area contributed by atoms with Gasteiger partial charge in [-0.05, 0) is 17.7 Å². The lowest BCUT2D eigenvalue weighted by Gasteiger charge is -2.28. The van der Waals surface area contributed by atoms with E-state index in [0.717, 1.165) is 32.0 Å². The molecule has 1 aromatic carbocycles. The highest BCUT2D eigenvalue weighted by Crippen LogP contribution is 2.20. The Bertz CT molecular complexity index is 723. The van der Waals surface area contributed by atoms with E-state index in [-0.39, 0.29) is 0 Å². The van der Waals surface area contributed by atoms with Gasteiger partial charge in [-0.15, -0.1) is 0 Å². The molecule has 136 valence electrons. The zero-order chi connectivity index (χ0) is 18.8. The number of benzene rings is 1. The van der Waals surface area contributed by atoms with Crippen molar-refractivity contribution in [2.24, 2.45) is 0 Å². The van der Waals surface area contributed by atoms with Crippen molar-refractivity contribution in [1.82, 2.24) is 10.3 Å². The predicted molar refractivity (Wildman–Crippen MR) is 99.2 cm³/mol. The Morgan fingerprint density at radius 2 is 1.54 bits per heavy atom. The van der Waals surface area contributed by atoms with Crippen LogP contribution in [0.2, 0.25) is 0 Å². The summed E-state index contributed by atoms with van der Waals surface area (Å²) in [5.74, 6) is -1.43. The van der Waals surface area contributed by atoms with E-state index in [2.05, 4.69) is 51.6 Å². The van der Waals surface area contributed by atoms with Crippen molar-refractivity contribution in [2.45, 2.75) is 0 Å². The second-order valence-electron chi connectivity index (χ2n) is 5.52. The Balaban J connectivity index is 0.000000260. The molecule has 0 spiro atoms. The first-order valence-corrected chi connectivity index (χ1v) is 8.17. The minimum atomic E-state index is -1.26. The van der Waals surface area contributed by atoms with Gasteiger partial charge in [-0.1, -0.05) is 30.3 Å². The maximum atomic E-state index is 9.55. The van der Waals surface area contributed by atoms with Gasteiger partial charge in [-0.2, -0.15) is 0 Å². The molecule has 26 heavy (non-hydrogen) atoms. The van der Waals surface area contributed by atoms with Crippen LogP contribution < -0.4 is 10.2 Å². The summed E-state index contributed by atoms with van der Waals surface area (Å²) in [5.41, 5.74) is 2.39. The number of rotatable bonds is 4. The summed E-state index contributed by atoms with van der Waals surface area (Å²) in [4.78, 5) is 26.0. The fraction of sp³-hybridized carbons (Fsp3) is 0.211. The number of carboxylic acid groups (broad SMARTS) is 2. The van der Waals surface area contributed by atoms with Gasteiger partial charge in [0.2, 0.25) is 0 Å². The molecule has 1 aromatic heterocycles. The second-order valence-corrected chi connectivity index (χ2v) is 5.52. The van der Waals surface area contributed by atoms with E-state index in [1.165, 1.54) is 11.1 Å². The van der Waals surface area contributed by atoms with Gasteiger partial charge in [0.15, 0.2) is 0 Å². The van der Waals surface area contributed by atoms with Crippen molar-refractivity contribution in [3.63, 3.8) is 0 Å². The van der Waals surface area contributed by atoms with Crippen LogP contribution in [0.1, 0.15) is 0 Å². The second kappa shape index (κ2) is 9.95. The van der Waals surface area contributed by atoms with Crippen molar-refractivity contribution < 1.29 is 19.8 Å². The quantitative estimate of drug-likeness (QED) is 0.720. The molecule has 2 aromatic rings. The van der Waals surface area contributed by atoms with E-state index < -0.39 is 11.9 Å². The van der Waals surface area contributed by atoms with E-state index in [4.69, 9.17) is 10.2 Å². The SMILES string of the molecule is O=C(O)/C=C/C(=O)O.c1ccc(-c2ccc(N3CCNCC3)nc2)cc1. The maximum Gasteiger partial charge on any atom is 0.328 e. The summed E-state index contributed by atoms with van der Waals surface area (Å²) in [7, 11) is 0. The lowest BCUT2D eigenvalue weighted by Crippen LogP contribution is -2.43. The molecule has 0 saturated carbocycles. The Hall–Kier alpha value is -3.19. The number of piperazine rings is 1. The van der Waals surface area contributed by atoms with Crippen molar-refractivity contribution in [1.29, 1.82) is 0 Å². The minimum Gasteiger partial charge on any atom is -0.478 e. The molecule has 1 aliphatic heterocycles. The van der Waals surface area contributed by atoms with Gasteiger partial charge in [0.25, 0.3) is 0 Å². The molecule has 0 atom stereocenters. The zero-order valence-corrected chi connectivity index (χ0v) is 14.2. The van der Waals surface area contributed by atoms with Gasteiger partial charge < -0.3 is 20.4 Å². The number of carbonyl (C=O) groups is 2. The molecule has 0 amide bonds. The highest BCUT2D eigenvalue weighted by Gasteiger charge is 2.11. The summed E-state index contributed by atoms with van der Waals surface area (Å²) in [6, 6.07) is 14.6. The minimum absolute atomic E-state index is 0.558. The first kappa shape index (κ1) is 19.1. The predicted octanol–water partition coefficient (Wildman–Crippen LogP) is 1.87. The van der Waals surface area contributed by atoms with Crippen LogP contribution >= 0.6 is 0 Å². The number of hydrogen-bond donors (Lipinski definition) is 3. The third kappa shape index (κ3) is 6.37. The molecule has 0 aliphatic carbocycles. The third-order valence-corrected chi connectivity index (χ3v) is 3.66. The number of aliphatic carboxylic acids is 2. The van der Waals surface area contributed by atoms with Crippen LogP contribution in [0.25, 0.3) is 11.1 Å². The summed E-state index contributed by atoms with van der Waals surface area (Å²) >= 11 is 0. The van der Waals surface area contributed by atoms with Crippen LogP contribution in [0, 0.1) is 0 Å². The normalized spacial score (nSPS) is 13.8. The van der Waals surface area contributed by atoms with Gasteiger partial charge >= 0.3 is 11.9 Å². The van der Waals surface area contributed by atoms with Crippen LogP contribution in [-0.4, -0.2) is 53.3 Å². The molecular formula is C19H21N3O4. The van der Waals surface area contributed by atoms with Gasteiger partial charge in [0.1, 0.15) is 5.82 Å². The summed E-state index contributed by atoms with van der Waals surface area (Å²) in [5, 5.41) is 19.0. The van der Waals surface area contributed by atoms with E-state index >= 15 is 0 Å². The topological polar surface area (TPSA) is 103 Å². The molecule has 3 rings (SSSR count). The molecule has 0 unspecified atom stereocenters. The molecule has 1 fully saturated rings. The first-order valence-electron chi connectivity index (χ1n) is 8.17. The van der Waals surface area contributed by atoms with Gasteiger partial charge in [-0.3, -0.25) is 0 Å². The van der Waals surface area contributed by atoms with Gasteiger partial charge in [-0.25, -0.2) is 14.6 Å². The Morgan fingerprint density at radius 3 is 2.04 bits per heavy atom. The Morgan fingerprint density at radius 1 is 0.923 bits per heavy atom. The van der Waals surface area contributed by atoms with Crippen LogP contribution in [0.3, 0.4) is 0 Å². The molecule has 1 aliphatic rings. The molecule has 0 radical (unpaired) electrons. The number of nitrogens with zero attached hydrogens (tertiary/aromatic N) is 2. The van der Waals surface area contributed by atoms with Crippen LogP contribution in [-0.2, 0) is 9.59 Å². The number of carboxylic acids is 2. The average molecular weight is 355 g/mol. The van der Waals surface area contributed by atoms with Gasteiger partial charge in [0.05, 0.1) is 0 Å². The number of nitrogens with one attached hydrogen (secondary N) is 1. The standard InChI is InChI=1S/C15H17N3.C4H4O4/c1-2-4-13(5-3-1)14-6-7-15(17-12-14)18-10-8-16-9-11-18;5-3(6)1-2-4(7)8/h1-7,12,16H,8-11H2;1-2H,(H,5,6)(H,7,8)/b;2-1+. The summed E-state index contributed by atoms with van der Waals surface area (Å²) in [6.45, 7) is 4.17. The van der Waals surface area contributed by atoms with Crippen LogP contribution in [0.4, 0.5) is 5.82 Å². The smallest absolute Gasteiger partial charge is 0.328 e. The first-order chi connectivity index (χ1) is 12.6. The Kier molecular flexibility index (Phi) is 7.32. The number of aromatic nitrogens is 1. The van der Waals surface area contributed by atoms with E-state index in [0.29, 0.717) is 12.2 Å². The van der Waals surface area contributed by atoms with E-state index in [1.54, 1.807) is 0 Å². The maximum absolute atomic E-state index is 9.55. The van der Waals surface area contributed by atoms with E-state index in [1.807, 2.05) is 12.3 Å². The monoisotopic (exact) mass is 355 g/mol.